The fraction of sp³-hybridized carbons (Fsp3) is 0.400. The highest BCUT2D eigenvalue weighted by molar-refractivity contribution is 7.17. The Bertz CT molecular complexity index is 617. The van der Waals surface area contributed by atoms with Crippen molar-refractivity contribution in [1.82, 2.24) is 10.2 Å². The number of rotatable bonds is 1. The van der Waals surface area contributed by atoms with Gasteiger partial charge in [0.1, 0.15) is 0 Å². The van der Waals surface area contributed by atoms with E-state index >= 15 is 0 Å². The van der Waals surface area contributed by atoms with Crippen LogP contribution in [0.2, 0.25) is 0 Å². The average molecular weight is 274 g/mol. The minimum Gasteiger partial charge on any atom is -0.336 e. The third-order valence-electron chi connectivity index (χ3n) is 3.57. The van der Waals surface area contributed by atoms with Crippen LogP contribution in [-0.4, -0.2) is 36.0 Å². The van der Waals surface area contributed by atoms with E-state index in [1.165, 1.54) is 4.70 Å². The summed E-state index contributed by atoms with van der Waals surface area (Å²) < 4.78 is 1.18. The molecule has 0 spiro atoms. The van der Waals surface area contributed by atoms with Crippen molar-refractivity contribution < 1.29 is 4.79 Å². The van der Waals surface area contributed by atoms with Crippen LogP contribution >= 0.6 is 11.3 Å². The number of fused-ring (bicyclic) bond motifs is 1. The number of nitrogens with zero attached hydrogens (tertiary/aromatic N) is 1. The third-order valence-corrected chi connectivity index (χ3v) is 4.53. The highest BCUT2D eigenvalue weighted by Gasteiger charge is 2.29. The summed E-state index contributed by atoms with van der Waals surface area (Å²) in [5.74, 6) is 0.159. The first-order chi connectivity index (χ1) is 9.07. The number of hydrogen-bond donors (Lipinski definition) is 1. The lowest BCUT2D eigenvalue weighted by Crippen LogP contribution is -2.58. The summed E-state index contributed by atoms with van der Waals surface area (Å²) in [5.41, 5.74) is 0.845. The van der Waals surface area contributed by atoms with Crippen molar-refractivity contribution in [2.24, 2.45) is 0 Å². The van der Waals surface area contributed by atoms with E-state index in [2.05, 4.69) is 25.2 Å². The molecule has 2 heterocycles. The normalized spacial score (nSPS) is 18.7. The molecule has 0 aliphatic carbocycles. The number of amides is 1. The van der Waals surface area contributed by atoms with Gasteiger partial charge in [0.15, 0.2) is 0 Å². The maximum atomic E-state index is 12.7. The molecule has 1 amide bonds. The zero-order valence-corrected chi connectivity index (χ0v) is 12.1. The van der Waals surface area contributed by atoms with Gasteiger partial charge in [0, 0.05) is 40.6 Å². The Morgan fingerprint density at radius 2 is 2.16 bits per heavy atom. The molecule has 1 aromatic heterocycles. The monoisotopic (exact) mass is 274 g/mol. The zero-order valence-electron chi connectivity index (χ0n) is 11.3. The number of nitrogens with one attached hydrogen (secondary N) is 1. The summed E-state index contributed by atoms with van der Waals surface area (Å²) in [4.78, 5) is 14.6. The van der Waals surface area contributed by atoms with E-state index in [4.69, 9.17) is 0 Å². The lowest BCUT2D eigenvalue weighted by molar-refractivity contribution is 0.0654. The molecular weight excluding hydrogens is 256 g/mol. The van der Waals surface area contributed by atoms with Crippen LogP contribution in [0.4, 0.5) is 0 Å². The molecule has 0 saturated carbocycles. The molecule has 0 atom stereocenters. The standard InChI is InChI=1S/C15H18N2OS/c1-15(2)10-17(8-7-16-15)14(18)12-9-19-13-6-4-3-5-11(12)13/h3-6,9,16H,7-8,10H2,1-2H3. The van der Waals surface area contributed by atoms with Crippen LogP contribution < -0.4 is 5.32 Å². The van der Waals surface area contributed by atoms with Crippen LogP contribution in [0.25, 0.3) is 10.1 Å². The van der Waals surface area contributed by atoms with Crippen molar-refractivity contribution in [3.8, 4) is 0 Å². The maximum absolute atomic E-state index is 12.7. The predicted octanol–water partition coefficient (Wildman–Crippen LogP) is 2.73. The van der Waals surface area contributed by atoms with Gasteiger partial charge in [-0.25, -0.2) is 0 Å². The van der Waals surface area contributed by atoms with Crippen molar-refractivity contribution >= 4 is 27.3 Å². The Hall–Kier alpha value is -1.39. The molecule has 0 unspecified atom stereocenters. The highest BCUT2D eigenvalue weighted by Crippen LogP contribution is 2.27. The molecule has 3 nitrogen and oxygen atoms in total. The average Bonchev–Trinajstić information content (AvgIpc) is 2.80. The molecule has 0 bridgehead atoms. The second-order valence-corrected chi connectivity index (χ2v) is 6.59. The number of carbonyl (C=O) groups is 1. The third kappa shape index (κ3) is 2.38. The zero-order chi connectivity index (χ0) is 13.5. The molecule has 1 saturated heterocycles. The Balaban J connectivity index is 1.91. The fourth-order valence-electron chi connectivity index (χ4n) is 2.63. The molecule has 1 N–H and O–H groups in total. The number of piperazine rings is 1. The minimum atomic E-state index is -0.000263. The molecule has 19 heavy (non-hydrogen) atoms. The van der Waals surface area contributed by atoms with Crippen LogP contribution in [0.1, 0.15) is 24.2 Å². The Morgan fingerprint density at radius 1 is 1.37 bits per heavy atom. The van der Waals surface area contributed by atoms with Gasteiger partial charge in [-0.05, 0) is 19.9 Å². The Morgan fingerprint density at radius 3 is 2.95 bits per heavy atom. The number of thiophene rings is 1. The summed E-state index contributed by atoms with van der Waals surface area (Å²) in [6.07, 6.45) is 0. The lowest BCUT2D eigenvalue weighted by atomic mass is 10.0. The van der Waals surface area contributed by atoms with Gasteiger partial charge in [-0.2, -0.15) is 0 Å². The number of hydrogen-bond acceptors (Lipinski definition) is 3. The van der Waals surface area contributed by atoms with Crippen molar-refractivity contribution in [1.29, 1.82) is 0 Å². The van der Waals surface area contributed by atoms with Gasteiger partial charge >= 0.3 is 0 Å². The fourth-order valence-corrected chi connectivity index (χ4v) is 3.56. The van der Waals surface area contributed by atoms with Crippen LogP contribution in [0.3, 0.4) is 0 Å². The molecule has 1 fully saturated rings. The Kier molecular flexibility index (Phi) is 3.07. The van der Waals surface area contributed by atoms with Gasteiger partial charge in [-0.15, -0.1) is 11.3 Å². The molecule has 1 aliphatic heterocycles. The molecule has 0 radical (unpaired) electrons. The molecule has 2 aromatic rings. The summed E-state index contributed by atoms with van der Waals surface area (Å²) in [6.45, 7) is 6.68. The van der Waals surface area contributed by atoms with Crippen molar-refractivity contribution in [2.75, 3.05) is 19.6 Å². The lowest BCUT2D eigenvalue weighted by Gasteiger charge is -2.39. The van der Waals surface area contributed by atoms with Crippen LogP contribution in [0, 0.1) is 0 Å². The van der Waals surface area contributed by atoms with Gasteiger partial charge in [0.2, 0.25) is 0 Å². The van der Waals surface area contributed by atoms with Crippen LogP contribution in [-0.2, 0) is 0 Å². The van der Waals surface area contributed by atoms with E-state index in [1.54, 1.807) is 11.3 Å². The largest absolute Gasteiger partial charge is 0.336 e. The first-order valence-corrected chi connectivity index (χ1v) is 7.45. The Labute approximate surface area is 117 Å². The first kappa shape index (κ1) is 12.6. The van der Waals surface area contributed by atoms with E-state index < -0.39 is 0 Å². The summed E-state index contributed by atoms with van der Waals surface area (Å²) in [7, 11) is 0. The molecule has 1 aromatic carbocycles. The molecule has 4 heteroatoms. The maximum Gasteiger partial charge on any atom is 0.255 e. The minimum absolute atomic E-state index is 0.000263. The molecule has 3 rings (SSSR count). The summed E-state index contributed by atoms with van der Waals surface area (Å²) >= 11 is 1.64. The first-order valence-electron chi connectivity index (χ1n) is 6.57. The van der Waals surface area contributed by atoms with Gasteiger partial charge in [0.05, 0.1) is 5.56 Å². The molecule has 100 valence electrons. The van der Waals surface area contributed by atoms with E-state index in [1.807, 2.05) is 28.5 Å². The van der Waals surface area contributed by atoms with E-state index in [0.717, 1.165) is 30.6 Å². The predicted molar refractivity (Wildman–Crippen MR) is 79.8 cm³/mol. The molecule has 1 aliphatic rings. The summed E-state index contributed by atoms with van der Waals surface area (Å²) in [5, 5.41) is 6.50. The van der Waals surface area contributed by atoms with Gasteiger partial charge in [-0.3, -0.25) is 4.79 Å². The second kappa shape index (κ2) is 4.62. The van der Waals surface area contributed by atoms with Gasteiger partial charge < -0.3 is 10.2 Å². The SMILES string of the molecule is CC1(C)CN(C(=O)c2csc3ccccc23)CCN1. The second-order valence-electron chi connectivity index (χ2n) is 5.68. The van der Waals surface area contributed by atoms with E-state index in [0.29, 0.717) is 0 Å². The molecular formula is C15H18N2OS. The van der Waals surface area contributed by atoms with E-state index in [-0.39, 0.29) is 11.4 Å². The topological polar surface area (TPSA) is 32.3 Å². The van der Waals surface area contributed by atoms with Gasteiger partial charge in [-0.1, -0.05) is 18.2 Å². The van der Waals surface area contributed by atoms with Gasteiger partial charge in [0.25, 0.3) is 5.91 Å². The van der Waals surface area contributed by atoms with E-state index in [9.17, 15) is 4.79 Å². The number of benzene rings is 1. The quantitative estimate of drug-likeness (QED) is 0.867. The van der Waals surface area contributed by atoms with Crippen LogP contribution in [0.5, 0.6) is 0 Å². The van der Waals surface area contributed by atoms with Crippen LogP contribution in [0.15, 0.2) is 29.6 Å². The van der Waals surface area contributed by atoms with Crippen molar-refractivity contribution in [2.45, 2.75) is 19.4 Å². The van der Waals surface area contributed by atoms with Crippen molar-refractivity contribution in [3.63, 3.8) is 0 Å². The highest BCUT2D eigenvalue weighted by atomic mass is 32.1. The summed E-state index contributed by atoms with van der Waals surface area (Å²) in [6, 6.07) is 8.11. The smallest absolute Gasteiger partial charge is 0.255 e. The number of carbonyl (C=O) groups excluding carboxylic acids is 1. The van der Waals surface area contributed by atoms with Crippen molar-refractivity contribution in [3.05, 3.63) is 35.2 Å².